The number of fused-ring (bicyclic) bond motifs is 4. The third kappa shape index (κ3) is 1.73. The summed E-state index contributed by atoms with van der Waals surface area (Å²) in [7, 11) is 0. The SMILES string of the molecule is Fc1ccc2c(c1)SCc1cc3ccccc3nc1-2. The van der Waals surface area contributed by atoms with Gasteiger partial charge in [-0.3, -0.25) is 0 Å². The van der Waals surface area contributed by atoms with Crippen LogP contribution in [0.5, 0.6) is 0 Å². The van der Waals surface area contributed by atoms with Crippen LogP contribution in [0.15, 0.2) is 53.4 Å². The van der Waals surface area contributed by atoms with E-state index >= 15 is 0 Å². The van der Waals surface area contributed by atoms with Crippen LogP contribution >= 0.6 is 11.8 Å². The summed E-state index contributed by atoms with van der Waals surface area (Å²) in [4.78, 5) is 5.73. The average Bonchev–Trinajstić information content (AvgIpc) is 2.44. The molecule has 2 heterocycles. The molecule has 1 aliphatic rings. The van der Waals surface area contributed by atoms with Crippen molar-refractivity contribution >= 4 is 22.7 Å². The number of thioether (sulfide) groups is 1. The molecule has 3 aromatic rings. The summed E-state index contributed by atoms with van der Waals surface area (Å²) in [5, 5.41) is 1.16. The van der Waals surface area contributed by atoms with Gasteiger partial charge in [0.1, 0.15) is 5.82 Å². The van der Waals surface area contributed by atoms with Gasteiger partial charge in [0.15, 0.2) is 0 Å². The molecule has 0 unspecified atom stereocenters. The van der Waals surface area contributed by atoms with Gasteiger partial charge in [-0.05, 0) is 35.9 Å². The van der Waals surface area contributed by atoms with E-state index in [0.29, 0.717) is 0 Å². The largest absolute Gasteiger partial charge is 0.247 e. The van der Waals surface area contributed by atoms with Gasteiger partial charge in [-0.15, -0.1) is 11.8 Å². The normalized spacial score (nSPS) is 13.1. The molecule has 1 nitrogen and oxygen atoms in total. The summed E-state index contributed by atoms with van der Waals surface area (Å²) in [5.41, 5.74) is 4.25. The Morgan fingerprint density at radius 3 is 2.89 bits per heavy atom. The first kappa shape index (κ1) is 11.0. The highest BCUT2D eigenvalue weighted by atomic mass is 32.2. The number of hydrogen-bond donors (Lipinski definition) is 0. The van der Waals surface area contributed by atoms with E-state index in [1.54, 1.807) is 17.8 Å². The molecule has 0 radical (unpaired) electrons. The number of benzene rings is 2. The number of halogens is 1. The third-order valence-corrected chi connectivity index (χ3v) is 4.49. The van der Waals surface area contributed by atoms with Gasteiger partial charge < -0.3 is 0 Å². The molecule has 4 rings (SSSR count). The second-order valence-electron chi connectivity index (χ2n) is 4.62. The Bertz CT molecular complexity index is 798. The van der Waals surface area contributed by atoms with E-state index in [-0.39, 0.29) is 5.82 Å². The fourth-order valence-electron chi connectivity index (χ4n) is 2.47. The van der Waals surface area contributed by atoms with Gasteiger partial charge in [0.2, 0.25) is 0 Å². The first-order valence-electron chi connectivity index (χ1n) is 6.13. The monoisotopic (exact) mass is 267 g/mol. The van der Waals surface area contributed by atoms with E-state index in [1.807, 2.05) is 24.3 Å². The second kappa shape index (κ2) is 4.07. The first-order valence-corrected chi connectivity index (χ1v) is 7.11. The van der Waals surface area contributed by atoms with Crippen molar-refractivity contribution in [2.75, 3.05) is 0 Å². The van der Waals surface area contributed by atoms with Crippen molar-refractivity contribution < 1.29 is 4.39 Å². The van der Waals surface area contributed by atoms with Crippen molar-refractivity contribution in [2.24, 2.45) is 0 Å². The lowest BCUT2D eigenvalue weighted by Gasteiger charge is -2.19. The topological polar surface area (TPSA) is 12.9 Å². The molecule has 0 aliphatic carbocycles. The fourth-order valence-corrected chi connectivity index (χ4v) is 3.52. The maximum absolute atomic E-state index is 13.3. The first-order chi connectivity index (χ1) is 9.31. The molecular formula is C16H10FNS. The summed E-state index contributed by atoms with van der Waals surface area (Å²) >= 11 is 1.67. The van der Waals surface area contributed by atoms with Crippen LogP contribution in [0.2, 0.25) is 0 Å². The van der Waals surface area contributed by atoms with Crippen molar-refractivity contribution in [1.82, 2.24) is 4.98 Å². The van der Waals surface area contributed by atoms with E-state index < -0.39 is 0 Å². The quantitative estimate of drug-likeness (QED) is 0.588. The van der Waals surface area contributed by atoms with Crippen molar-refractivity contribution in [3.8, 4) is 11.3 Å². The maximum atomic E-state index is 13.3. The zero-order chi connectivity index (χ0) is 12.8. The van der Waals surface area contributed by atoms with Crippen LogP contribution in [0, 0.1) is 5.82 Å². The van der Waals surface area contributed by atoms with Crippen molar-refractivity contribution in [2.45, 2.75) is 10.6 Å². The smallest absolute Gasteiger partial charge is 0.124 e. The van der Waals surface area contributed by atoms with E-state index in [9.17, 15) is 4.39 Å². The van der Waals surface area contributed by atoms with Crippen LogP contribution in [-0.4, -0.2) is 4.98 Å². The zero-order valence-corrected chi connectivity index (χ0v) is 10.9. The average molecular weight is 267 g/mol. The lowest BCUT2D eigenvalue weighted by Crippen LogP contribution is -2.00. The van der Waals surface area contributed by atoms with Crippen LogP contribution in [-0.2, 0) is 5.75 Å². The van der Waals surface area contributed by atoms with Crippen molar-refractivity contribution in [1.29, 1.82) is 0 Å². The minimum Gasteiger partial charge on any atom is -0.247 e. The van der Waals surface area contributed by atoms with Gasteiger partial charge in [0, 0.05) is 21.6 Å². The van der Waals surface area contributed by atoms with E-state index in [4.69, 9.17) is 4.98 Å². The summed E-state index contributed by atoms with van der Waals surface area (Å²) in [5.74, 6) is 0.666. The highest BCUT2D eigenvalue weighted by Gasteiger charge is 2.19. The van der Waals surface area contributed by atoms with Crippen LogP contribution in [0.25, 0.3) is 22.2 Å². The highest BCUT2D eigenvalue weighted by Crippen LogP contribution is 2.41. The van der Waals surface area contributed by atoms with Crippen LogP contribution in [0.4, 0.5) is 4.39 Å². The molecule has 0 bridgehead atoms. The summed E-state index contributed by atoms with van der Waals surface area (Å²) in [6.07, 6.45) is 0. The van der Waals surface area contributed by atoms with Crippen LogP contribution in [0.1, 0.15) is 5.56 Å². The molecule has 0 fully saturated rings. The summed E-state index contributed by atoms with van der Waals surface area (Å²) in [6, 6.07) is 15.2. The van der Waals surface area contributed by atoms with E-state index in [0.717, 1.165) is 32.8 Å². The van der Waals surface area contributed by atoms with Gasteiger partial charge in [-0.25, -0.2) is 9.37 Å². The van der Waals surface area contributed by atoms with Crippen LogP contribution in [0.3, 0.4) is 0 Å². The van der Waals surface area contributed by atoms with Gasteiger partial charge in [-0.2, -0.15) is 0 Å². The molecule has 1 aliphatic heterocycles. The Morgan fingerprint density at radius 1 is 1.05 bits per heavy atom. The minimum absolute atomic E-state index is 0.185. The van der Waals surface area contributed by atoms with Crippen LogP contribution < -0.4 is 0 Å². The molecule has 0 atom stereocenters. The number of nitrogens with zero attached hydrogens (tertiary/aromatic N) is 1. The summed E-state index contributed by atoms with van der Waals surface area (Å²) in [6.45, 7) is 0. The zero-order valence-electron chi connectivity index (χ0n) is 10.1. The number of pyridine rings is 1. The number of hydrogen-bond acceptors (Lipinski definition) is 2. The van der Waals surface area contributed by atoms with Gasteiger partial charge in [0.05, 0.1) is 11.2 Å². The molecular weight excluding hydrogens is 257 g/mol. The molecule has 0 spiro atoms. The number of para-hydroxylation sites is 1. The predicted molar refractivity (Wildman–Crippen MR) is 76.7 cm³/mol. The number of aromatic nitrogens is 1. The Morgan fingerprint density at radius 2 is 1.95 bits per heavy atom. The standard InChI is InChI=1S/C16H10FNS/c17-12-5-6-13-15(8-12)19-9-11-7-10-3-1-2-4-14(10)18-16(11)13/h1-8H,9H2. The molecule has 0 amide bonds. The van der Waals surface area contributed by atoms with E-state index in [2.05, 4.69) is 12.1 Å². The Balaban J connectivity index is 2.02. The second-order valence-corrected chi connectivity index (χ2v) is 5.64. The molecule has 92 valence electrons. The van der Waals surface area contributed by atoms with Crippen molar-refractivity contribution in [3.05, 3.63) is 59.9 Å². The molecule has 2 aromatic carbocycles. The Kier molecular flexibility index (Phi) is 2.35. The lowest BCUT2D eigenvalue weighted by molar-refractivity contribution is 0.624. The highest BCUT2D eigenvalue weighted by molar-refractivity contribution is 7.98. The molecule has 1 aromatic heterocycles. The fraction of sp³-hybridized carbons (Fsp3) is 0.0625. The Hall–Kier alpha value is -1.87. The molecule has 0 N–H and O–H groups in total. The maximum Gasteiger partial charge on any atom is 0.124 e. The molecule has 0 saturated carbocycles. The molecule has 3 heteroatoms. The van der Waals surface area contributed by atoms with Gasteiger partial charge >= 0.3 is 0 Å². The van der Waals surface area contributed by atoms with Gasteiger partial charge in [-0.1, -0.05) is 18.2 Å². The molecule has 19 heavy (non-hydrogen) atoms. The lowest BCUT2D eigenvalue weighted by atomic mass is 10.0. The third-order valence-electron chi connectivity index (χ3n) is 3.38. The Labute approximate surface area is 114 Å². The van der Waals surface area contributed by atoms with Gasteiger partial charge in [0.25, 0.3) is 0 Å². The minimum atomic E-state index is -0.185. The summed E-state index contributed by atoms with van der Waals surface area (Å²) < 4.78 is 13.3. The molecule has 0 saturated heterocycles. The predicted octanol–water partition coefficient (Wildman–Crippen LogP) is 4.65. The van der Waals surface area contributed by atoms with E-state index in [1.165, 1.54) is 11.6 Å². The van der Waals surface area contributed by atoms with Crippen molar-refractivity contribution in [3.63, 3.8) is 0 Å². The number of rotatable bonds is 0.